The van der Waals surface area contributed by atoms with Gasteiger partial charge in [0, 0.05) is 6.42 Å². The summed E-state index contributed by atoms with van der Waals surface area (Å²) in [5.74, 6) is -0.384. The minimum absolute atomic E-state index is 0.0160. The molecule has 108 valence electrons. The molecule has 5 nitrogen and oxygen atoms in total. The normalized spacial score (nSPS) is 15.3. The van der Waals surface area contributed by atoms with E-state index in [1.165, 1.54) is 0 Å². The lowest BCUT2D eigenvalue weighted by Gasteiger charge is -2.28. The van der Waals surface area contributed by atoms with Crippen LogP contribution in [0.2, 0.25) is 0 Å². The van der Waals surface area contributed by atoms with E-state index in [-0.39, 0.29) is 19.0 Å². The lowest BCUT2D eigenvalue weighted by Crippen LogP contribution is -2.36. The van der Waals surface area contributed by atoms with Crippen LogP contribution in [-0.4, -0.2) is 30.8 Å². The standard InChI is InChI=1S/C12H24O5S/c1-11(2,3)9(18(14,15)16)7-8-17-10(13)12(4,5)6/h9H,7-8H2,1-6H3,(H,14,15,16). The monoisotopic (exact) mass is 280 g/mol. The molecule has 1 N–H and O–H groups in total. The maximum Gasteiger partial charge on any atom is 0.311 e. The second-order valence-electron chi connectivity index (χ2n) is 6.54. The molecule has 0 bridgehead atoms. The molecule has 1 unspecified atom stereocenters. The minimum Gasteiger partial charge on any atom is -0.465 e. The van der Waals surface area contributed by atoms with Crippen molar-refractivity contribution in [1.82, 2.24) is 0 Å². The summed E-state index contributed by atoms with van der Waals surface area (Å²) < 4.78 is 36.7. The first kappa shape index (κ1) is 17.4. The summed E-state index contributed by atoms with van der Waals surface area (Å²) in [6.07, 6.45) is 0.0875. The van der Waals surface area contributed by atoms with Gasteiger partial charge in [-0.3, -0.25) is 9.35 Å². The fourth-order valence-corrected chi connectivity index (χ4v) is 2.79. The third kappa shape index (κ3) is 5.82. The van der Waals surface area contributed by atoms with Gasteiger partial charge in [0.1, 0.15) is 0 Å². The van der Waals surface area contributed by atoms with Crippen LogP contribution in [0.15, 0.2) is 0 Å². The number of rotatable bonds is 4. The molecule has 0 aliphatic carbocycles. The van der Waals surface area contributed by atoms with Gasteiger partial charge >= 0.3 is 5.97 Å². The predicted octanol–water partition coefficient (Wildman–Crippen LogP) is 2.27. The number of carbonyl (C=O) groups excluding carboxylic acids is 1. The van der Waals surface area contributed by atoms with Gasteiger partial charge in [0.15, 0.2) is 0 Å². The van der Waals surface area contributed by atoms with Gasteiger partial charge in [0.2, 0.25) is 0 Å². The van der Waals surface area contributed by atoms with E-state index in [0.717, 1.165) is 0 Å². The van der Waals surface area contributed by atoms with Crippen molar-refractivity contribution in [3.63, 3.8) is 0 Å². The van der Waals surface area contributed by atoms with Gasteiger partial charge in [-0.05, 0) is 26.2 Å². The molecule has 0 heterocycles. The van der Waals surface area contributed by atoms with E-state index in [1.807, 2.05) is 0 Å². The first-order chi connectivity index (χ1) is 7.76. The number of hydrogen-bond acceptors (Lipinski definition) is 4. The molecule has 18 heavy (non-hydrogen) atoms. The van der Waals surface area contributed by atoms with Gasteiger partial charge in [-0.15, -0.1) is 0 Å². The molecule has 0 saturated heterocycles. The molecule has 0 saturated carbocycles. The molecule has 0 rings (SSSR count). The van der Waals surface area contributed by atoms with Crippen LogP contribution in [0.5, 0.6) is 0 Å². The quantitative estimate of drug-likeness (QED) is 0.631. The van der Waals surface area contributed by atoms with Crippen LogP contribution < -0.4 is 0 Å². The van der Waals surface area contributed by atoms with E-state index in [1.54, 1.807) is 41.5 Å². The summed E-state index contributed by atoms with van der Waals surface area (Å²) in [5.41, 5.74) is -1.23. The Morgan fingerprint density at radius 2 is 1.61 bits per heavy atom. The second kappa shape index (κ2) is 5.57. The van der Waals surface area contributed by atoms with Crippen molar-refractivity contribution in [3.05, 3.63) is 0 Å². The predicted molar refractivity (Wildman–Crippen MR) is 69.8 cm³/mol. The molecular weight excluding hydrogens is 256 g/mol. The highest BCUT2D eigenvalue weighted by Crippen LogP contribution is 2.28. The second-order valence-corrected chi connectivity index (χ2v) is 8.14. The van der Waals surface area contributed by atoms with Crippen LogP contribution in [0, 0.1) is 10.8 Å². The Kier molecular flexibility index (Phi) is 5.38. The third-order valence-corrected chi connectivity index (χ3v) is 4.21. The van der Waals surface area contributed by atoms with E-state index in [2.05, 4.69) is 0 Å². The van der Waals surface area contributed by atoms with Gasteiger partial charge < -0.3 is 4.74 Å². The highest BCUT2D eigenvalue weighted by atomic mass is 32.2. The minimum atomic E-state index is -4.15. The number of carbonyl (C=O) groups is 1. The molecule has 0 aromatic heterocycles. The first-order valence-electron chi connectivity index (χ1n) is 5.90. The van der Waals surface area contributed by atoms with Gasteiger partial charge in [-0.25, -0.2) is 0 Å². The number of esters is 1. The van der Waals surface area contributed by atoms with Crippen molar-refractivity contribution in [2.24, 2.45) is 10.8 Å². The molecule has 0 amide bonds. The van der Waals surface area contributed by atoms with E-state index in [4.69, 9.17) is 9.29 Å². The summed E-state index contributed by atoms with van der Waals surface area (Å²) in [5, 5.41) is -0.947. The van der Waals surface area contributed by atoms with E-state index < -0.39 is 26.2 Å². The Morgan fingerprint density at radius 1 is 1.17 bits per heavy atom. The van der Waals surface area contributed by atoms with Crippen LogP contribution in [0.3, 0.4) is 0 Å². The van der Waals surface area contributed by atoms with Crippen molar-refractivity contribution in [1.29, 1.82) is 0 Å². The van der Waals surface area contributed by atoms with Crippen molar-refractivity contribution in [2.45, 2.75) is 53.2 Å². The van der Waals surface area contributed by atoms with Gasteiger partial charge in [-0.1, -0.05) is 20.8 Å². The molecule has 0 aromatic carbocycles. The molecule has 1 atom stereocenters. The molecule has 0 aromatic rings. The number of hydrogen-bond donors (Lipinski definition) is 1. The molecule has 0 spiro atoms. The van der Waals surface area contributed by atoms with Crippen LogP contribution in [0.25, 0.3) is 0 Å². The third-order valence-electron chi connectivity index (χ3n) is 2.55. The SMILES string of the molecule is CC(C)(C)C(=O)OCCC(C(C)(C)C)S(=O)(=O)O. The van der Waals surface area contributed by atoms with Gasteiger partial charge in [0.25, 0.3) is 10.1 Å². The summed E-state index contributed by atoms with van der Waals surface area (Å²) in [7, 11) is -4.15. The molecule has 6 heteroatoms. The van der Waals surface area contributed by atoms with Crippen molar-refractivity contribution in [3.8, 4) is 0 Å². The van der Waals surface area contributed by atoms with Crippen LogP contribution in [0.1, 0.15) is 48.0 Å². The highest BCUT2D eigenvalue weighted by Gasteiger charge is 2.35. The average molecular weight is 280 g/mol. The fraction of sp³-hybridized carbons (Fsp3) is 0.917. The topological polar surface area (TPSA) is 80.7 Å². The largest absolute Gasteiger partial charge is 0.465 e. The molecular formula is C12H24O5S. The lowest BCUT2D eigenvalue weighted by atomic mass is 9.90. The van der Waals surface area contributed by atoms with E-state index in [0.29, 0.717) is 0 Å². The van der Waals surface area contributed by atoms with Crippen molar-refractivity contribution in [2.75, 3.05) is 6.61 Å². The smallest absolute Gasteiger partial charge is 0.311 e. The van der Waals surface area contributed by atoms with E-state index >= 15 is 0 Å². The maximum absolute atomic E-state index is 11.5. The van der Waals surface area contributed by atoms with E-state index in [9.17, 15) is 13.2 Å². The fourth-order valence-electron chi connectivity index (χ4n) is 1.50. The van der Waals surface area contributed by atoms with Gasteiger partial charge in [-0.2, -0.15) is 8.42 Å². The highest BCUT2D eigenvalue weighted by molar-refractivity contribution is 7.86. The summed E-state index contributed by atoms with van der Waals surface area (Å²) in [4.78, 5) is 11.5. The Bertz CT molecular complexity index is 384. The zero-order valence-corrected chi connectivity index (χ0v) is 12.8. The summed E-state index contributed by atoms with van der Waals surface area (Å²) in [6, 6.07) is 0. The van der Waals surface area contributed by atoms with Crippen LogP contribution in [0.4, 0.5) is 0 Å². The zero-order valence-electron chi connectivity index (χ0n) is 12.0. The van der Waals surface area contributed by atoms with Crippen molar-refractivity contribution < 1.29 is 22.5 Å². The maximum atomic E-state index is 11.5. The Morgan fingerprint density at radius 3 is 1.89 bits per heavy atom. The zero-order chi connectivity index (χ0) is 14.8. The molecule has 0 radical (unpaired) electrons. The molecule has 0 fully saturated rings. The molecule has 0 aliphatic rings. The van der Waals surface area contributed by atoms with Crippen molar-refractivity contribution >= 4 is 16.1 Å². The van der Waals surface area contributed by atoms with Crippen LogP contribution in [-0.2, 0) is 19.6 Å². The van der Waals surface area contributed by atoms with Gasteiger partial charge in [0.05, 0.1) is 17.3 Å². The Labute approximate surface area is 110 Å². The summed E-state index contributed by atoms with van der Waals surface area (Å²) in [6.45, 7) is 10.3. The first-order valence-corrected chi connectivity index (χ1v) is 7.40. The average Bonchev–Trinajstić information content (AvgIpc) is 2.05. The Balaban J connectivity index is 4.55. The molecule has 0 aliphatic heterocycles. The Hall–Kier alpha value is -0.620. The van der Waals surface area contributed by atoms with Crippen LogP contribution >= 0.6 is 0 Å². The summed E-state index contributed by atoms with van der Waals surface area (Å²) >= 11 is 0. The number of ether oxygens (including phenoxy) is 1. The lowest BCUT2D eigenvalue weighted by molar-refractivity contribution is -0.153.